The Kier molecular flexibility index (Phi) is 7.62. The highest BCUT2D eigenvalue weighted by Crippen LogP contribution is 2.19. The van der Waals surface area contributed by atoms with E-state index in [1.54, 1.807) is 36.4 Å². The van der Waals surface area contributed by atoms with Crippen LogP contribution in [0.15, 0.2) is 71.6 Å². The number of nitrogens with one attached hydrogen (secondary N) is 2. The summed E-state index contributed by atoms with van der Waals surface area (Å²) in [6.07, 6.45) is 0. The number of hydrogen-bond donors (Lipinski definition) is 2. The van der Waals surface area contributed by atoms with Crippen LogP contribution in [0.4, 0.5) is 5.69 Å². The summed E-state index contributed by atoms with van der Waals surface area (Å²) < 4.78 is 26.7. The monoisotopic (exact) mass is 496 g/mol. The molecule has 0 aliphatic carbocycles. The van der Waals surface area contributed by atoms with E-state index in [2.05, 4.69) is 10.9 Å². The zero-order valence-electron chi connectivity index (χ0n) is 19.3. The Balaban J connectivity index is 1.59. The molecule has 182 valence electrons. The molecule has 2 N–H and O–H groups in total. The molecule has 0 saturated carbocycles. The largest absolute Gasteiger partial charge is 0.272 e. The summed E-state index contributed by atoms with van der Waals surface area (Å²) in [4.78, 5) is 35.2. The molecular weight excluding hydrogens is 472 g/mol. The number of nitro benzene ring substituents is 1. The molecule has 0 saturated heterocycles. The number of hydrazine groups is 1. The molecule has 35 heavy (non-hydrogen) atoms. The van der Waals surface area contributed by atoms with Crippen LogP contribution in [0, 0.1) is 24.0 Å². The number of hydrogen-bond acceptors (Lipinski definition) is 6. The minimum Gasteiger partial charge on any atom is -0.267 e. The van der Waals surface area contributed by atoms with Gasteiger partial charge in [-0.2, -0.15) is 4.31 Å². The lowest BCUT2D eigenvalue weighted by Gasteiger charge is -2.17. The first-order valence-electron chi connectivity index (χ1n) is 10.5. The van der Waals surface area contributed by atoms with E-state index in [4.69, 9.17) is 0 Å². The van der Waals surface area contributed by atoms with E-state index in [1.165, 1.54) is 48.6 Å². The van der Waals surface area contributed by atoms with E-state index in [-0.39, 0.29) is 28.3 Å². The van der Waals surface area contributed by atoms with Gasteiger partial charge in [-0.3, -0.25) is 30.6 Å². The quantitative estimate of drug-likeness (QED) is 0.381. The molecule has 0 unspecified atom stereocenters. The van der Waals surface area contributed by atoms with Gasteiger partial charge in [0.05, 0.1) is 9.82 Å². The van der Waals surface area contributed by atoms with Crippen molar-refractivity contribution in [2.45, 2.75) is 25.3 Å². The Morgan fingerprint density at radius 2 is 1.43 bits per heavy atom. The van der Waals surface area contributed by atoms with Crippen molar-refractivity contribution in [2.75, 3.05) is 7.05 Å². The molecule has 3 aromatic carbocycles. The lowest BCUT2D eigenvalue weighted by atomic mass is 10.1. The highest BCUT2D eigenvalue weighted by Gasteiger charge is 2.21. The fourth-order valence-corrected chi connectivity index (χ4v) is 4.41. The van der Waals surface area contributed by atoms with Gasteiger partial charge in [-0.1, -0.05) is 29.8 Å². The van der Waals surface area contributed by atoms with Crippen LogP contribution in [-0.2, 0) is 16.6 Å². The van der Waals surface area contributed by atoms with Crippen molar-refractivity contribution in [2.24, 2.45) is 0 Å². The molecule has 11 heteroatoms. The molecule has 0 fully saturated rings. The summed E-state index contributed by atoms with van der Waals surface area (Å²) in [7, 11) is -2.19. The van der Waals surface area contributed by atoms with Gasteiger partial charge < -0.3 is 0 Å². The van der Waals surface area contributed by atoms with Crippen LogP contribution in [0.1, 0.15) is 37.4 Å². The van der Waals surface area contributed by atoms with Gasteiger partial charge in [0.15, 0.2) is 0 Å². The van der Waals surface area contributed by atoms with Gasteiger partial charge in [0.2, 0.25) is 10.0 Å². The minimum atomic E-state index is -3.67. The van der Waals surface area contributed by atoms with Crippen molar-refractivity contribution in [1.82, 2.24) is 15.2 Å². The van der Waals surface area contributed by atoms with E-state index in [9.17, 15) is 28.1 Å². The van der Waals surface area contributed by atoms with Crippen LogP contribution in [0.25, 0.3) is 0 Å². The molecule has 0 aliphatic rings. The maximum Gasteiger partial charge on any atom is 0.272 e. The van der Waals surface area contributed by atoms with Crippen LogP contribution in [0.2, 0.25) is 0 Å². The van der Waals surface area contributed by atoms with Crippen molar-refractivity contribution in [3.63, 3.8) is 0 Å². The second kappa shape index (κ2) is 10.5. The first-order chi connectivity index (χ1) is 16.5. The molecule has 0 aliphatic heterocycles. The van der Waals surface area contributed by atoms with Gasteiger partial charge in [0.1, 0.15) is 0 Å². The van der Waals surface area contributed by atoms with E-state index in [1.807, 2.05) is 6.92 Å². The van der Waals surface area contributed by atoms with Gasteiger partial charge in [0.25, 0.3) is 17.5 Å². The smallest absolute Gasteiger partial charge is 0.267 e. The number of rotatable bonds is 7. The summed E-state index contributed by atoms with van der Waals surface area (Å²) in [5.41, 5.74) is 6.79. The number of carbonyl (C=O) groups is 2. The van der Waals surface area contributed by atoms with Crippen molar-refractivity contribution >= 4 is 27.5 Å². The summed E-state index contributed by atoms with van der Waals surface area (Å²) >= 11 is 0. The normalized spacial score (nSPS) is 11.2. The number of nitro groups is 1. The van der Waals surface area contributed by atoms with Gasteiger partial charge in [-0.25, -0.2) is 8.42 Å². The lowest BCUT2D eigenvalue weighted by Crippen LogP contribution is -2.41. The number of benzene rings is 3. The van der Waals surface area contributed by atoms with Gasteiger partial charge in [-0.05, 0) is 55.8 Å². The van der Waals surface area contributed by atoms with Crippen LogP contribution < -0.4 is 10.9 Å². The predicted molar refractivity (Wildman–Crippen MR) is 129 cm³/mol. The molecule has 3 aromatic rings. The first kappa shape index (κ1) is 25.5. The Labute approximate surface area is 202 Å². The maximum atomic E-state index is 12.8. The van der Waals surface area contributed by atoms with Gasteiger partial charge in [-0.15, -0.1) is 0 Å². The number of nitrogens with zero attached hydrogens (tertiary/aromatic N) is 2. The zero-order valence-corrected chi connectivity index (χ0v) is 20.1. The van der Waals surface area contributed by atoms with Crippen LogP contribution in [-0.4, -0.2) is 36.5 Å². The number of aryl methyl sites for hydroxylation is 2. The van der Waals surface area contributed by atoms with Crippen LogP contribution >= 0.6 is 0 Å². The number of carbonyl (C=O) groups excluding carboxylic acids is 2. The summed E-state index contributed by atoms with van der Waals surface area (Å²) in [5.74, 6) is -1.21. The van der Waals surface area contributed by atoms with Crippen molar-refractivity contribution in [3.05, 3.63) is 105 Å². The average molecular weight is 497 g/mol. The minimum absolute atomic E-state index is 0.105. The Morgan fingerprint density at radius 1 is 0.886 bits per heavy atom. The van der Waals surface area contributed by atoms with Crippen LogP contribution in [0.3, 0.4) is 0 Å². The Hall–Kier alpha value is -4.09. The molecule has 2 amide bonds. The lowest BCUT2D eigenvalue weighted by molar-refractivity contribution is -0.385. The molecule has 0 bridgehead atoms. The Morgan fingerprint density at radius 3 is 1.97 bits per heavy atom. The molecule has 0 atom stereocenters. The topological polar surface area (TPSA) is 139 Å². The predicted octanol–water partition coefficient (Wildman–Crippen LogP) is 3.11. The summed E-state index contributed by atoms with van der Waals surface area (Å²) in [6, 6.07) is 16.7. The fraction of sp³-hybridized carbons (Fsp3) is 0.167. The molecule has 0 heterocycles. The van der Waals surface area contributed by atoms with Crippen molar-refractivity contribution in [1.29, 1.82) is 0 Å². The summed E-state index contributed by atoms with van der Waals surface area (Å²) in [6.45, 7) is 3.49. The third-order valence-electron chi connectivity index (χ3n) is 5.30. The fourth-order valence-electron chi connectivity index (χ4n) is 3.25. The van der Waals surface area contributed by atoms with E-state index in [0.29, 0.717) is 11.1 Å². The third kappa shape index (κ3) is 6.08. The SMILES string of the molecule is Cc1ccc(S(=O)(=O)N(C)Cc2ccc(C(=O)NNC(=O)c3ccc([N+](=O)[O-])c(C)c3)cc2)cc1. The second-order valence-corrected chi connectivity index (χ2v) is 9.98. The zero-order chi connectivity index (χ0) is 25.8. The number of amides is 2. The molecule has 10 nitrogen and oxygen atoms in total. The molecule has 0 radical (unpaired) electrons. The van der Waals surface area contributed by atoms with E-state index in [0.717, 1.165) is 5.56 Å². The maximum absolute atomic E-state index is 12.8. The van der Waals surface area contributed by atoms with Crippen molar-refractivity contribution in [3.8, 4) is 0 Å². The van der Waals surface area contributed by atoms with Crippen molar-refractivity contribution < 1.29 is 22.9 Å². The molecular formula is C24H24N4O6S. The van der Waals surface area contributed by atoms with Gasteiger partial charge >= 0.3 is 0 Å². The van der Waals surface area contributed by atoms with E-state index < -0.39 is 26.8 Å². The highest BCUT2D eigenvalue weighted by atomic mass is 32.2. The Bertz CT molecular complexity index is 1370. The molecule has 3 rings (SSSR count). The van der Waals surface area contributed by atoms with Crippen LogP contribution in [0.5, 0.6) is 0 Å². The van der Waals surface area contributed by atoms with E-state index >= 15 is 0 Å². The van der Waals surface area contributed by atoms with Gasteiger partial charge in [0, 0.05) is 36.3 Å². The standard InChI is InChI=1S/C24H24N4O6S/c1-16-4-11-21(12-5-16)35(33,34)27(3)15-18-6-8-19(9-7-18)23(29)25-26-24(30)20-10-13-22(28(31)32)17(2)14-20/h4-14H,15H2,1-3H3,(H,25,29)(H,26,30). The molecule has 0 spiro atoms. The second-order valence-electron chi connectivity index (χ2n) is 7.94. The third-order valence-corrected chi connectivity index (χ3v) is 7.11. The number of sulfonamides is 1. The summed E-state index contributed by atoms with van der Waals surface area (Å²) in [5, 5.41) is 10.9. The molecule has 0 aromatic heterocycles. The average Bonchev–Trinajstić information content (AvgIpc) is 2.82. The first-order valence-corrected chi connectivity index (χ1v) is 11.9. The highest BCUT2D eigenvalue weighted by molar-refractivity contribution is 7.89.